The normalized spacial score (nSPS) is 14.3. The van der Waals surface area contributed by atoms with E-state index in [0.29, 0.717) is 33.9 Å². The summed E-state index contributed by atoms with van der Waals surface area (Å²) in [4.78, 5) is 37.2. The quantitative estimate of drug-likeness (QED) is 0.275. The Kier molecular flexibility index (Phi) is 6.99. The van der Waals surface area contributed by atoms with Crippen molar-refractivity contribution < 1.29 is 27.5 Å². The number of carbonyl (C=O) groups is 2. The summed E-state index contributed by atoms with van der Waals surface area (Å²) in [6, 6.07) is 13.5. The zero-order valence-electron chi connectivity index (χ0n) is 20.1. The number of pyridine rings is 1. The number of nitrogens with zero attached hydrogens (tertiary/aromatic N) is 2. The van der Waals surface area contributed by atoms with Crippen molar-refractivity contribution in [1.29, 1.82) is 0 Å². The van der Waals surface area contributed by atoms with Crippen LogP contribution in [0.3, 0.4) is 0 Å². The van der Waals surface area contributed by atoms with Crippen molar-refractivity contribution in [2.75, 3.05) is 10.6 Å². The molecule has 1 saturated carbocycles. The maximum atomic E-state index is 12.7. The van der Waals surface area contributed by atoms with Crippen LogP contribution in [0.25, 0.3) is 22.4 Å². The fraction of sp³-hybridized carbons (Fsp3) is 0.259. The Hall–Kier alpha value is -4.41. The molecular weight excluding hydrogens is 499 g/mol. The predicted molar refractivity (Wildman–Crippen MR) is 136 cm³/mol. The molecule has 5 rings (SSSR count). The van der Waals surface area contributed by atoms with E-state index in [4.69, 9.17) is 0 Å². The van der Waals surface area contributed by atoms with Gasteiger partial charge in [0, 0.05) is 23.2 Å². The Morgan fingerprint density at radius 1 is 0.974 bits per heavy atom. The number of hydrogen-bond acceptors (Lipinski definition) is 5. The van der Waals surface area contributed by atoms with Gasteiger partial charge in [-0.25, -0.2) is 9.97 Å². The standard InChI is InChI=1S/C27H24F3N5O3/c28-27(29,30)38-22-9-5-4-8-19(22)26(37)32-18-12-10-16(11-13-18)24-33-20-14-23(31-15-21(20)34-24)35-25(36)17-6-2-1-3-7-17/h4-5,8-15,17H,1-3,6-7H2,(H,32,37)(H,33,34)(H,31,35,36). The average molecular weight is 524 g/mol. The van der Waals surface area contributed by atoms with Crippen molar-refractivity contribution in [2.24, 2.45) is 5.92 Å². The van der Waals surface area contributed by atoms with Crippen LogP contribution in [0.4, 0.5) is 24.7 Å². The van der Waals surface area contributed by atoms with Gasteiger partial charge in [0.05, 0.1) is 22.8 Å². The third-order valence-corrected chi connectivity index (χ3v) is 6.37. The summed E-state index contributed by atoms with van der Waals surface area (Å²) >= 11 is 0. The number of rotatable bonds is 6. The number of anilines is 2. The molecule has 38 heavy (non-hydrogen) atoms. The minimum Gasteiger partial charge on any atom is -0.405 e. The van der Waals surface area contributed by atoms with Crippen molar-refractivity contribution in [2.45, 2.75) is 38.5 Å². The number of benzene rings is 2. The lowest BCUT2D eigenvalue weighted by Gasteiger charge is -2.20. The van der Waals surface area contributed by atoms with Crippen LogP contribution in [0.5, 0.6) is 5.75 Å². The van der Waals surface area contributed by atoms with Crippen LogP contribution in [0.1, 0.15) is 42.5 Å². The number of alkyl halides is 3. The number of aromatic amines is 1. The van der Waals surface area contributed by atoms with Gasteiger partial charge >= 0.3 is 6.36 Å². The first kappa shape index (κ1) is 25.2. The summed E-state index contributed by atoms with van der Waals surface area (Å²) in [5, 5.41) is 5.47. The third kappa shape index (κ3) is 5.93. The second-order valence-corrected chi connectivity index (χ2v) is 9.07. The van der Waals surface area contributed by atoms with Gasteiger partial charge in [-0.2, -0.15) is 0 Å². The summed E-state index contributed by atoms with van der Waals surface area (Å²) in [6.07, 6.45) is 1.78. The lowest BCUT2D eigenvalue weighted by atomic mass is 9.89. The molecule has 0 aliphatic heterocycles. The van der Waals surface area contributed by atoms with Crippen molar-refractivity contribution >= 4 is 34.4 Å². The van der Waals surface area contributed by atoms with Crippen LogP contribution < -0.4 is 15.4 Å². The summed E-state index contributed by atoms with van der Waals surface area (Å²) < 4.78 is 41.9. The van der Waals surface area contributed by atoms with Crippen LogP contribution >= 0.6 is 0 Å². The maximum absolute atomic E-state index is 12.7. The third-order valence-electron chi connectivity index (χ3n) is 6.37. The number of fused-ring (bicyclic) bond motifs is 1. The van der Waals surface area contributed by atoms with E-state index in [2.05, 4.69) is 30.3 Å². The average Bonchev–Trinajstić information content (AvgIpc) is 3.32. The first-order chi connectivity index (χ1) is 18.2. The van der Waals surface area contributed by atoms with E-state index in [-0.39, 0.29) is 17.4 Å². The second kappa shape index (κ2) is 10.5. The van der Waals surface area contributed by atoms with E-state index in [1.54, 1.807) is 36.5 Å². The molecular formula is C27H24F3N5O3. The summed E-state index contributed by atoms with van der Waals surface area (Å²) in [5.41, 5.74) is 2.17. The van der Waals surface area contributed by atoms with Gasteiger partial charge < -0.3 is 20.4 Å². The van der Waals surface area contributed by atoms with E-state index >= 15 is 0 Å². The lowest BCUT2D eigenvalue weighted by molar-refractivity contribution is -0.274. The molecule has 8 nitrogen and oxygen atoms in total. The van der Waals surface area contributed by atoms with E-state index in [9.17, 15) is 22.8 Å². The minimum atomic E-state index is -4.91. The largest absolute Gasteiger partial charge is 0.573 e. The number of aromatic nitrogens is 3. The first-order valence-corrected chi connectivity index (χ1v) is 12.2. The molecule has 2 amide bonds. The minimum absolute atomic E-state index is 0.0145. The molecule has 11 heteroatoms. The molecule has 0 bridgehead atoms. The Balaban J connectivity index is 1.27. The van der Waals surface area contributed by atoms with Crippen LogP contribution in [0.2, 0.25) is 0 Å². The molecule has 0 unspecified atom stereocenters. The fourth-order valence-corrected chi connectivity index (χ4v) is 4.49. The number of ether oxygens (including phenoxy) is 1. The molecule has 3 N–H and O–H groups in total. The molecule has 0 spiro atoms. The van der Waals surface area contributed by atoms with Gasteiger partial charge in [0.2, 0.25) is 5.91 Å². The maximum Gasteiger partial charge on any atom is 0.573 e. The predicted octanol–water partition coefficient (Wildman–Crippen LogP) is 6.29. The molecule has 1 aliphatic rings. The van der Waals surface area contributed by atoms with Gasteiger partial charge in [-0.15, -0.1) is 13.2 Å². The molecule has 1 aliphatic carbocycles. The van der Waals surface area contributed by atoms with Crippen molar-refractivity contribution in [3.05, 3.63) is 66.4 Å². The molecule has 2 aromatic carbocycles. The van der Waals surface area contributed by atoms with Crippen LogP contribution in [0, 0.1) is 5.92 Å². The molecule has 1 fully saturated rings. The molecule has 0 atom stereocenters. The number of carbonyl (C=O) groups excluding carboxylic acids is 2. The Bertz CT molecular complexity index is 1460. The second-order valence-electron chi connectivity index (χ2n) is 9.07. The number of hydrogen-bond donors (Lipinski definition) is 3. The van der Waals surface area contributed by atoms with E-state index in [1.165, 1.54) is 24.6 Å². The molecule has 2 heterocycles. The SMILES string of the molecule is O=C(Nc1ccc(-c2nc3cc(NC(=O)C4CCCCC4)ncc3[nH]2)cc1)c1ccccc1OC(F)(F)F. The molecule has 2 aromatic heterocycles. The Labute approximate surface area is 215 Å². The highest BCUT2D eigenvalue weighted by Gasteiger charge is 2.32. The van der Waals surface area contributed by atoms with Gasteiger partial charge in [0.15, 0.2) is 0 Å². The zero-order valence-corrected chi connectivity index (χ0v) is 20.1. The lowest BCUT2D eigenvalue weighted by Crippen LogP contribution is -2.25. The van der Waals surface area contributed by atoms with E-state index in [0.717, 1.165) is 31.7 Å². The molecule has 4 aromatic rings. The summed E-state index contributed by atoms with van der Waals surface area (Å²) in [6.45, 7) is 0. The molecule has 0 saturated heterocycles. The van der Waals surface area contributed by atoms with E-state index < -0.39 is 18.0 Å². The highest BCUT2D eigenvalue weighted by molar-refractivity contribution is 6.06. The van der Waals surface area contributed by atoms with Crippen molar-refractivity contribution in [1.82, 2.24) is 15.0 Å². The smallest absolute Gasteiger partial charge is 0.405 e. The zero-order chi connectivity index (χ0) is 26.7. The van der Waals surface area contributed by atoms with Gasteiger partial charge in [-0.3, -0.25) is 9.59 Å². The Morgan fingerprint density at radius 3 is 2.45 bits per heavy atom. The summed E-state index contributed by atoms with van der Waals surface area (Å²) in [7, 11) is 0. The fourth-order valence-electron chi connectivity index (χ4n) is 4.49. The van der Waals surface area contributed by atoms with Crippen molar-refractivity contribution in [3.63, 3.8) is 0 Å². The van der Waals surface area contributed by atoms with Gasteiger partial charge in [-0.1, -0.05) is 31.4 Å². The highest BCUT2D eigenvalue weighted by Crippen LogP contribution is 2.28. The topological polar surface area (TPSA) is 109 Å². The number of amides is 2. The van der Waals surface area contributed by atoms with Crippen LogP contribution in [-0.4, -0.2) is 33.1 Å². The Morgan fingerprint density at radius 2 is 1.71 bits per heavy atom. The van der Waals surface area contributed by atoms with Crippen LogP contribution in [-0.2, 0) is 4.79 Å². The van der Waals surface area contributed by atoms with Crippen LogP contribution in [0.15, 0.2) is 60.8 Å². The first-order valence-electron chi connectivity index (χ1n) is 12.2. The number of H-pyrrole nitrogens is 1. The monoisotopic (exact) mass is 523 g/mol. The molecule has 0 radical (unpaired) electrons. The number of halogens is 3. The summed E-state index contributed by atoms with van der Waals surface area (Å²) in [5.74, 6) is -0.328. The van der Waals surface area contributed by atoms with Gasteiger partial charge in [-0.05, 0) is 49.2 Å². The molecule has 196 valence electrons. The number of nitrogens with one attached hydrogen (secondary N) is 3. The van der Waals surface area contributed by atoms with Gasteiger partial charge in [0.1, 0.15) is 17.4 Å². The number of imidazole rings is 1. The highest BCUT2D eigenvalue weighted by atomic mass is 19.4. The van der Waals surface area contributed by atoms with E-state index in [1.807, 2.05) is 0 Å². The van der Waals surface area contributed by atoms with Gasteiger partial charge in [0.25, 0.3) is 5.91 Å². The number of para-hydroxylation sites is 1. The van der Waals surface area contributed by atoms with Crippen molar-refractivity contribution in [3.8, 4) is 17.1 Å².